The molecule has 0 atom stereocenters. The van der Waals surface area contributed by atoms with E-state index in [1.807, 2.05) is 36.6 Å². The number of fused-ring (bicyclic) bond motifs is 1. The molecule has 4 aromatic rings. The number of thiazole rings is 1. The second kappa shape index (κ2) is 7.47. The third-order valence-electron chi connectivity index (χ3n) is 4.31. The highest BCUT2D eigenvalue weighted by Crippen LogP contribution is 2.21. The summed E-state index contributed by atoms with van der Waals surface area (Å²) < 4.78 is 28.0. The Morgan fingerprint density at radius 3 is 2.68 bits per heavy atom. The van der Waals surface area contributed by atoms with Gasteiger partial charge in [0.1, 0.15) is 0 Å². The average Bonchev–Trinajstić information content (AvgIpc) is 3.26. The van der Waals surface area contributed by atoms with Crippen molar-refractivity contribution in [1.29, 1.82) is 0 Å². The topological polar surface area (TPSA) is 59.3 Å². The third kappa shape index (κ3) is 3.63. The van der Waals surface area contributed by atoms with E-state index in [-0.39, 0.29) is 5.56 Å². The first-order chi connectivity index (χ1) is 13.5. The van der Waals surface area contributed by atoms with Gasteiger partial charge in [0.25, 0.3) is 5.91 Å². The predicted octanol–water partition coefficient (Wildman–Crippen LogP) is 4.02. The zero-order valence-electron chi connectivity index (χ0n) is 14.9. The van der Waals surface area contributed by atoms with Gasteiger partial charge in [-0.1, -0.05) is 29.8 Å². The molecule has 0 unspecified atom stereocenters. The van der Waals surface area contributed by atoms with Crippen molar-refractivity contribution in [2.24, 2.45) is 0 Å². The highest BCUT2D eigenvalue weighted by molar-refractivity contribution is 7.15. The Labute approximate surface area is 163 Å². The first-order valence-corrected chi connectivity index (χ1v) is 9.52. The maximum Gasteiger partial charge on any atom is 0.251 e. The van der Waals surface area contributed by atoms with Crippen LogP contribution in [0.3, 0.4) is 0 Å². The summed E-state index contributed by atoms with van der Waals surface area (Å²) in [7, 11) is 0. The molecular formula is C20H16F2N4OS. The number of aryl methyl sites for hydroxylation is 1. The van der Waals surface area contributed by atoms with Gasteiger partial charge < -0.3 is 5.32 Å². The summed E-state index contributed by atoms with van der Waals surface area (Å²) in [6.07, 6.45) is 0.534. The molecule has 4 rings (SSSR count). The van der Waals surface area contributed by atoms with Gasteiger partial charge in [0.15, 0.2) is 17.5 Å². The quantitative estimate of drug-likeness (QED) is 0.552. The van der Waals surface area contributed by atoms with Crippen molar-refractivity contribution >= 4 is 22.2 Å². The molecule has 0 radical (unpaired) electrons. The van der Waals surface area contributed by atoms with Crippen LogP contribution in [-0.4, -0.2) is 27.0 Å². The number of rotatable bonds is 5. The van der Waals surface area contributed by atoms with Gasteiger partial charge in [-0.25, -0.2) is 13.3 Å². The minimum absolute atomic E-state index is 0.0804. The number of amides is 1. The number of aromatic nitrogens is 3. The van der Waals surface area contributed by atoms with Gasteiger partial charge in [0.05, 0.1) is 5.69 Å². The van der Waals surface area contributed by atoms with Gasteiger partial charge in [0.2, 0.25) is 4.96 Å². The normalized spacial score (nSPS) is 11.1. The molecule has 0 aliphatic carbocycles. The average molecular weight is 398 g/mol. The van der Waals surface area contributed by atoms with E-state index in [2.05, 4.69) is 15.4 Å². The minimum atomic E-state index is -1.04. The molecule has 2 aromatic heterocycles. The Morgan fingerprint density at radius 1 is 1.14 bits per heavy atom. The monoisotopic (exact) mass is 398 g/mol. The summed E-state index contributed by atoms with van der Waals surface area (Å²) in [4.78, 5) is 17.4. The number of benzene rings is 2. The maximum absolute atomic E-state index is 13.3. The molecule has 0 aliphatic heterocycles. The highest BCUT2D eigenvalue weighted by Gasteiger charge is 2.13. The summed E-state index contributed by atoms with van der Waals surface area (Å²) in [5.74, 6) is -1.82. The first kappa shape index (κ1) is 18.2. The number of nitrogens with one attached hydrogen (secondary N) is 1. The van der Waals surface area contributed by atoms with E-state index in [4.69, 9.17) is 0 Å². The predicted molar refractivity (Wildman–Crippen MR) is 103 cm³/mol. The lowest BCUT2D eigenvalue weighted by Gasteiger charge is -2.05. The lowest BCUT2D eigenvalue weighted by Crippen LogP contribution is -2.26. The molecule has 0 bridgehead atoms. The zero-order valence-corrected chi connectivity index (χ0v) is 15.8. The van der Waals surface area contributed by atoms with Gasteiger partial charge in [-0.2, -0.15) is 4.98 Å². The summed E-state index contributed by atoms with van der Waals surface area (Å²) >= 11 is 1.48. The number of hydrogen-bond acceptors (Lipinski definition) is 4. The number of halogens is 2. The van der Waals surface area contributed by atoms with Crippen molar-refractivity contribution in [3.8, 4) is 11.4 Å². The van der Waals surface area contributed by atoms with E-state index in [1.165, 1.54) is 23.0 Å². The fourth-order valence-electron chi connectivity index (χ4n) is 2.77. The lowest BCUT2D eigenvalue weighted by molar-refractivity contribution is 0.0953. The summed E-state index contributed by atoms with van der Waals surface area (Å²) in [5, 5.41) is 9.21. The maximum atomic E-state index is 13.3. The highest BCUT2D eigenvalue weighted by atomic mass is 32.1. The van der Waals surface area contributed by atoms with Crippen LogP contribution in [0.5, 0.6) is 0 Å². The number of nitrogens with zero attached hydrogens (tertiary/aromatic N) is 3. The van der Waals surface area contributed by atoms with Crippen LogP contribution in [0, 0.1) is 18.6 Å². The van der Waals surface area contributed by atoms with Crippen LogP contribution in [0.1, 0.15) is 21.6 Å². The van der Waals surface area contributed by atoms with Crippen LogP contribution in [0.15, 0.2) is 47.8 Å². The summed E-state index contributed by atoms with van der Waals surface area (Å²) in [5.41, 5.74) is 3.11. The van der Waals surface area contributed by atoms with Gasteiger partial charge in [-0.3, -0.25) is 4.79 Å². The number of carbonyl (C=O) groups excluding carboxylic acids is 1. The van der Waals surface area contributed by atoms with Crippen molar-refractivity contribution in [1.82, 2.24) is 19.9 Å². The molecule has 142 valence electrons. The summed E-state index contributed by atoms with van der Waals surface area (Å²) in [6.45, 7) is 2.36. The fourth-order valence-corrected chi connectivity index (χ4v) is 3.62. The molecule has 8 heteroatoms. The van der Waals surface area contributed by atoms with E-state index < -0.39 is 17.5 Å². The van der Waals surface area contributed by atoms with Crippen molar-refractivity contribution in [3.05, 3.63) is 76.3 Å². The van der Waals surface area contributed by atoms with Gasteiger partial charge in [0, 0.05) is 29.5 Å². The molecule has 2 aromatic carbocycles. The third-order valence-corrected chi connectivity index (χ3v) is 5.17. The molecular weight excluding hydrogens is 382 g/mol. The molecule has 28 heavy (non-hydrogen) atoms. The zero-order chi connectivity index (χ0) is 19.7. The van der Waals surface area contributed by atoms with E-state index in [1.54, 1.807) is 4.52 Å². The van der Waals surface area contributed by atoms with Gasteiger partial charge >= 0.3 is 0 Å². The van der Waals surface area contributed by atoms with E-state index in [9.17, 15) is 13.6 Å². The molecule has 1 amide bonds. The van der Waals surface area contributed by atoms with Crippen LogP contribution in [-0.2, 0) is 6.42 Å². The Kier molecular flexibility index (Phi) is 4.87. The number of hydrogen-bond donors (Lipinski definition) is 1. The van der Waals surface area contributed by atoms with Crippen molar-refractivity contribution in [2.75, 3.05) is 6.54 Å². The Bertz CT molecular complexity index is 1150. The molecule has 0 aliphatic rings. The van der Waals surface area contributed by atoms with Crippen molar-refractivity contribution < 1.29 is 13.6 Å². The number of carbonyl (C=O) groups is 1. The smallest absolute Gasteiger partial charge is 0.251 e. The van der Waals surface area contributed by atoms with Crippen LogP contribution in [0.25, 0.3) is 16.3 Å². The SMILES string of the molecule is Cc1ccc(-c2nc3scc(CCNC(=O)c4ccc(F)c(F)c4)n3n2)cc1. The van der Waals surface area contributed by atoms with E-state index in [0.29, 0.717) is 18.8 Å². The molecule has 1 N–H and O–H groups in total. The lowest BCUT2D eigenvalue weighted by atomic mass is 10.1. The standard InChI is InChI=1S/C20H16F2N4OS/c1-12-2-4-13(5-3-12)18-24-20-26(25-18)15(11-28-20)8-9-23-19(27)14-6-7-16(21)17(22)10-14/h2-7,10-11H,8-9H2,1H3,(H,23,27). The van der Waals surface area contributed by atoms with E-state index in [0.717, 1.165) is 28.4 Å². The van der Waals surface area contributed by atoms with Crippen molar-refractivity contribution in [2.45, 2.75) is 13.3 Å². The van der Waals surface area contributed by atoms with Crippen molar-refractivity contribution in [3.63, 3.8) is 0 Å². The van der Waals surface area contributed by atoms with Crippen LogP contribution < -0.4 is 5.32 Å². The molecule has 5 nitrogen and oxygen atoms in total. The fraction of sp³-hybridized carbons (Fsp3) is 0.150. The second-order valence-electron chi connectivity index (χ2n) is 6.36. The first-order valence-electron chi connectivity index (χ1n) is 8.65. The van der Waals surface area contributed by atoms with Gasteiger partial charge in [-0.05, 0) is 25.1 Å². The molecule has 0 saturated carbocycles. The molecule has 0 spiro atoms. The van der Waals surface area contributed by atoms with Crippen LogP contribution in [0.4, 0.5) is 8.78 Å². The Hall–Kier alpha value is -3.13. The van der Waals surface area contributed by atoms with Crippen LogP contribution in [0.2, 0.25) is 0 Å². The summed E-state index contributed by atoms with van der Waals surface area (Å²) in [6, 6.07) is 11.1. The molecule has 2 heterocycles. The second-order valence-corrected chi connectivity index (χ2v) is 7.19. The molecule has 0 fully saturated rings. The largest absolute Gasteiger partial charge is 0.352 e. The van der Waals surface area contributed by atoms with E-state index >= 15 is 0 Å². The molecule has 0 saturated heterocycles. The minimum Gasteiger partial charge on any atom is -0.352 e. The Balaban J connectivity index is 1.44. The van der Waals surface area contributed by atoms with Crippen LogP contribution >= 0.6 is 11.3 Å². The Morgan fingerprint density at radius 2 is 1.93 bits per heavy atom. The van der Waals surface area contributed by atoms with Gasteiger partial charge in [-0.15, -0.1) is 16.4 Å².